The first-order valence-electron chi connectivity index (χ1n) is 10.0. The highest BCUT2D eigenvalue weighted by atomic mass is 16.5. The number of ether oxygens (including phenoxy) is 1. The Kier molecular flexibility index (Phi) is 7.02. The lowest BCUT2D eigenvalue weighted by Crippen LogP contribution is -2.45. The zero-order valence-corrected chi connectivity index (χ0v) is 16.9. The summed E-state index contributed by atoms with van der Waals surface area (Å²) < 4.78 is 11.6. The SMILES string of the molecule is CCCO[C@@H]1CC[C@H](C(=O)N(C)Cc2ccn[nH]2)C[C@H]1Nc1nnc(CC)o1. The van der Waals surface area contributed by atoms with E-state index >= 15 is 0 Å². The van der Waals surface area contributed by atoms with Gasteiger partial charge in [0.2, 0.25) is 11.8 Å². The number of hydrogen-bond acceptors (Lipinski definition) is 7. The predicted molar refractivity (Wildman–Crippen MR) is 104 cm³/mol. The lowest BCUT2D eigenvalue weighted by Gasteiger charge is -2.36. The minimum absolute atomic E-state index is 0.0267. The predicted octanol–water partition coefficient (Wildman–Crippen LogP) is 2.39. The quantitative estimate of drug-likeness (QED) is 0.676. The fraction of sp³-hybridized carbons (Fsp3) is 0.684. The Morgan fingerprint density at radius 1 is 1.39 bits per heavy atom. The molecule has 2 aromatic heterocycles. The summed E-state index contributed by atoms with van der Waals surface area (Å²) in [7, 11) is 1.83. The molecule has 0 spiro atoms. The summed E-state index contributed by atoms with van der Waals surface area (Å²) in [6.45, 7) is 5.28. The topological polar surface area (TPSA) is 109 Å². The van der Waals surface area contributed by atoms with Crippen molar-refractivity contribution in [2.24, 2.45) is 5.92 Å². The number of aromatic amines is 1. The van der Waals surface area contributed by atoms with Crippen molar-refractivity contribution in [2.75, 3.05) is 19.0 Å². The van der Waals surface area contributed by atoms with E-state index in [1.807, 2.05) is 20.0 Å². The minimum Gasteiger partial charge on any atom is -0.408 e. The van der Waals surface area contributed by atoms with Gasteiger partial charge in [-0.2, -0.15) is 5.10 Å². The minimum atomic E-state index is -0.0690. The van der Waals surface area contributed by atoms with Crippen LogP contribution in [0.4, 0.5) is 6.01 Å². The number of H-pyrrole nitrogens is 1. The van der Waals surface area contributed by atoms with E-state index in [1.54, 1.807) is 11.1 Å². The largest absolute Gasteiger partial charge is 0.408 e. The Labute approximate surface area is 165 Å². The molecule has 1 aliphatic rings. The zero-order chi connectivity index (χ0) is 19.9. The molecule has 2 heterocycles. The third kappa shape index (κ3) is 5.09. The second-order valence-electron chi connectivity index (χ2n) is 7.30. The Morgan fingerprint density at radius 2 is 2.25 bits per heavy atom. The van der Waals surface area contributed by atoms with Gasteiger partial charge < -0.3 is 19.4 Å². The van der Waals surface area contributed by atoms with Crippen molar-refractivity contribution in [3.05, 3.63) is 23.8 Å². The number of nitrogens with zero attached hydrogens (tertiary/aromatic N) is 4. The van der Waals surface area contributed by atoms with E-state index in [-0.39, 0.29) is 24.0 Å². The van der Waals surface area contributed by atoms with Crippen molar-refractivity contribution in [3.8, 4) is 0 Å². The van der Waals surface area contributed by atoms with Gasteiger partial charge in [-0.05, 0) is 31.7 Å². The molecule has 0 unspecified atom stereocenters. The molecule has 0 radical (unpaired) electrons. The molecular formula is C19H30N6O3. The third-order valence-corrected chi connectivity index (χ3v) is 5.09. The molecule has 3 rings (SSSR count). The van der Waals surface area contributed by atoms with Crippen LogP contribution in [0.25, 0.3) is 0 Å². The molecule has 0 aromatic carbocycles. The molecule has 1 amide bonds. The van der Waals surface area contributed by atoms with Crippen molar-refractivity contribution in [1.82, 2.24) is 25.3 Å². The molecule has 9 heteroatoms. The van der Waals surface area contributed by atoms with Crippen LogP contribution in [0.15, 0.2) is 16.7 Å². The van der Waals surface area contributed by atoms with Crippen LogP contribution < -0.4 is 5.32 Å². The summed E-state index contributed by atoms with van der Waals surface area (Å²) in [5, 5.41) is 18.2. The van der Waals surface area contributed by atoms with Gasteiger partial charge in [-0.1, -0.05) is 18.9 Å². The maximum atomic E-state index is 13.0. The maximum Gasteiger partial charge on any atom is 0.315 e. The van der Waals surface area contributed by atoms with Crippen molar-refractivity contribution in [3.63, 3.8) is 0 Å². The van der Waals surface area contributed by atoms with E-state index < -0.39 is 0 Å². The highest BCUT2D eigenvalue weighted by molar-refractivity contribution is 5.78. The summed E-state index contributed by atoms with van der Waals surface area (Å²) >= 11 is 0. The lowest BCUT2D eigenvalue weighted by atomic mass is 9.82. The summed E-state index contributed by atoms with van der Waals surface area (Å²) in [6, 6.07) is 2.23. The molecule has 2 N–H and O–H groups in total. The van der Waals surface area contributed by atoms with Gasteiger partial charge in [0.05, 0.1) is 24.4 Å². The van der Waals surface area contributed by atoms with Crippen LogP contribution in [0.5, 0.6) is 0 Å². The number of amides is 1. The zero-order valence-electron chi connectivity index (χ0n) is 16.9. The summed E-state index contributed by atoms with van der Waals surface area (Å²) in [5.74, 6) is 0.659. The van der Waals surface area contributed by atoms with Gasteiger partial charge in [0.25, 0.3) is 0 Å². The van der Waals surface area contributed by atoms with Gasteiger partial charge in [0.15, 0.2) is 0 Å². The Hall–Kier alpha value is -2.42. The van der Waals surface area contributed by atoms with Gasteiger partial charge in [-0.3, -0.25) is 9.89 Å². The summed E-state index contributed by atoms with van der Waals surface area (Å²) in [5.41, 5.74) is 0.920. The average Bonchev–Trinajstić information content (AvgIpc) is 3.38. The lowest BCUT2D eigenvalue weighted by molar-refractivity contribution is -0.137. The van der Waals surface area contributed by atoms with Gasteiger partial charge in [-0.15, -0.1) is 5.10 Å². The second-order valence-corrected chi connectivity index (χ2v) is 7.30. The Balaban J connectivity index is 1.64. The monoisotopic (exact) mass is 390 g/mol. The molecule has 0 aliphatic heterocycles. The van der Waals surface area contributed by atoms with Crippen LogP contribution in [0, 0.1) is 5.92 Å². The molecular weight excluding hydrogens is 360 g/mol. The van der Waals surface area contributed by atoms with Crippen LogP contribution in [-0.4, -0.2) is 57.0 Å². The molecule has 2 aromatic rings. The second kappa shape index (κ2) is 9.68. The normalized spacial score (nSPS) is 22.2. The fourth-order valence-corrected chi connectivity index (χ4v) is 3.62. The number of carbonyl (C=O) groups is 1. The Bertz CT molecular complexity index is 732. The standard InChI is InChI=1S/C19H30N6O3/c1-4-10-27-16-7-6-13(18(26)25(3)12-14-8-9-20-22-14)11-15(16)21-19-24-23-17(5-2)28-19/h8-9,13,15-16H,4-7,10-12H2,1-3H3,(H,20,22)(H,21,24)/t13-,15+,16+/m0/s1. The molecule has 0 bridgehead atoms. The molecule has 1 fully saturated rings. The number of anilines is 1. The van der Waals surface area contributed by atoms with E-state index in [0.717, 1.165) is 25.0 Å². The third-order valence-electron chi connectivity index (χ3n) is 5.09. The number of aromatic nitrogens is 4. The fourth-order valence-electron chi connectivity index (χ4n) is 3.62. The molecule has 1 saturated carbocycles. The van der Waals surface area contributed by atoms with Gasteiger partial charge in [0, 0.05) is 32.2 Å². The summed E-state index contributed by atoms with van der Waals surface area (Å²) in [4.78, 5) is 14.7. The first kappa shape index (κ1) is 20.3. The van der Waals surface area contributed by atoms with Gasteiger partial charge in [0.1, 0.15) is 0 Å². The van der Waals surface area contributed by atoms with E-state index in [4.69, 9.17) is 9.15 Å². The highest BCUT2D eigenvalue weighted by Crippen LogP contribution is 2.30. The Morgan fingerprint density at radius 3 is 2.93 bits per heavy atom. The first-order chi connectivity index (χ1) is 13.6. The van der Waals surface area contributed by atoms with Crippen LogP contribution in [0.3, 0.4) is 0 Å². The first-order valence-corrected chi connectivity index (χ1v) is 10.0. The van der Waals surface area contributed by atoms with Gasteiger partial charge >= 0.3 is 6.01 Å². The number of aryl methyl sites for hydroxylation is 1. The van der Waals surface area contributed by atoms with Crippen molar-refractivity contribution in [1.29, 1.82) is 0 Å². The van der Waals surface area contributed by atoms with Crippen molar-refractivity contribution < 1.29 is 13.9 Å². The van der Waals surface area contributed by atoms with Crippen LogP contribution in [-0.2, 0) is 22.5 Å². The van der Waals surface area contributed by atoms with E-state index in [2.05, 4.69) is 32.6 Å². The van der Waals surface area contributed by atoms with Crippen molar-refractivity contribution >= 4 is 11.9 Å². The van der Waals surface area contributed by atoms with Crippen LogP contribution in [0.1, 0.15) is 51.1 Å². The van der Waals surface area contributed by atoms with Gasteiger partial charge in [-0.25, -0.2) is 0 Å². The molecule has 3 atom stereocenters. The van der Waals surface area contributed by atoms with E-state index in [1.165, 1.54) is 0 Å². The number of carbonyl (C=O) groups excluding carboxylic acids is 1. The summed E-state index contributed by atoms with van der Waals surface area (Å²) in [6.07, 6.45) is 5.67. The number of rotatable bonds is 9. The van der Waals surface area contributed by atoms with Crippen molar-refractivity contribution in [2.45, 2.75) is 64.6 Å². The number of nitrogens with one attached hydrogen (secondary N) is 2. The smallest absolute Gasteiger partial charge is 0.315 e. The maximum absolute atomic E-state index is 13.0. The molecule has 154 valence electrons. The molecule has 0 saturated heterocycles. The van der Waals surface area contributed by atoms with E-state index in [9.17, 15) is 4.79 Å². The molecule has 1 aliphatic carbocycles. The van der Waals surface area contributed by atoms with E-state index in [0.29, 0.717) is 37.9 Å². The van der Waals surface area contributed by atoms with Crippen LogP contribution >= 0.6 is 0 Å². The van der Waals surface area contributed by atoms with Crippen LogP contribution in [0.2, 0.25) is 0 Å². The average molecular weight is 390 g/mol. The highest BCUT2D eigenvalue weighted by Gasteiger charge is 2.36. The molecule has 28 heavy (non-hydrogen) atoms. The number of hydrogen-bond donors (Lipinski definition) is 2. The molecule has 9 nitrogen and oxygen atoms in total.